The van der Waals surface area contributed by atoms with E-state index in [0.717, 1.165) is 11.3 Å². The van der Waals surface area contributed by atoms with E-state index >= 15 is 0 Å². The molecule has 132 valence electrons. The Hall–Kier alpha value is -3.41. The second kappa shape index (κ2) is 7.23. The van der Waals surface area contributed by atoms with Gasteiger partial charge in [0.25, 0.3) is 11.5 Å². The predicted molar refractivity (Wildman–Crippen MR) is 104 cm³/mol. The zero-order chi connectivity index (χ0) is 18.7. The van der Waals surface area contributed by atoms with Crippen LogP contribution >= 0.6 is 0 Å². The van der Waals surface area contributed by atoms with E-state index in [9.17, 15) is 9.59 Å². The Morgan fingerprint density at radius 3 is 2.19 bits per heavy atom. The van der Waals surface area contributed by atoms with Gasteiger partial charge in [-0.3, -0.25) is 9.59 Å². The maximum Gasteiger partial charge on any atom is 0.266 e. The van der Waals surface area contributed by atoms with Gasteiger partial charge >= 0.3 is 0 Å². The van der Waals surface area contributed by atoms with Gasteiger partial charge in [0.05, 0.1) is 5.69 Å². The van der Waals surface area contributed by atoms with E-state index in [1.54, 1.807) is 25.2 Å². The summed E-state index contributed by atoms with van der Waals surface area (Å²) in [4.78, 5) is 25.8. The maximum atomic E-state index is 12.4. The van der Waals surface area contributed by atoms with Crippen molar-refractivity contribution >= 4 is 17.3 Å². The van der Waals surface area contributed by atoms with Crippen molar-refractivity contribution in [2.45, 2.75) is 0 Å². The zero-order valence-corrected chi connectivity index (χ0v) is 14.9. The van der Waals surface area contributed by atoms with Crippen LogP contribution in [0.5, 0.6) is 0 Å². The van der Waals surface area contributed by atoms with Crippen LogP contribution in [0.1, 0.15) is 10.4 Å². The molecule has 6 nitrogen and oxygen atoms in total. The average Bonchev–Trinajstić information content (AvgIpc) is 2.64. The van der Waals surface area contributed by atoms with Gasteiger partial charge in [-0.25, -0.2) is 4.68 Å². The Kier molecular flexibility index (Phi) is 4.84. The number of aromatic nitrogens is 2. The molecule has 0 spiro atoms. The van der Waals surface area contributed by atoms with Crippen LogP contribution in [0, 0.1) is 0 Å². The SMILES string of the molecule is CN(C)c1ccc(C(=O)Nc2ccc(-c3ccc(=O)n(C)n3)cc2)cc1. The predicted octanol–water partition coefficient (Wildman–Crippen LogP) is 2.77. The van der Waals surface area contributed by atoms with Crippen molar-refractivity contribution in [2.75, 3.05) is 24.3 Å². The summed E-state index contributed by atoms with van der Waals surface area (Å²) in [5, 5.41) is 7.09. The van der Waals surface area contributed by atoms with Crippen LogP contribution in [0.3, 0.4) is 0 Å². The lowest BCUT2D eigenvalue weighted by Crippen LogP contribution is -2.18. The van der Waals surface area contributed by atoms with Crippen LogP contribution in [0.2, 0.25) is 0 Å². The van der Waals surface area contributed by atoms with Gasteiger partial charge in [-0.2, -0.15) is 5.10 Å². The number of carbonyl (C=O) groups excluding carboxylic acids is 1. The molecule has 3 rings (SSSR count). The number of nitrogens with zero attached hydrogens (tertiary/aromatic N) is 3. The first-order chi connectivity index (χ1) is 12.4. The van der Waals surface area contributed by atoms with Gasteiger partial charge in [0.2, 0.25) is 0 Å². The van der Waals surface area contributed by atoms with Crippen molar-refractivity contribution in [3.8, 4) is 11.3 Å². The van der Waals surface area contributed by atoms with Crippen LogP contribution in [0.15, 0.2) is 65.5 Å². The van der Waals surface area contributed by atoms with Gasteiger partial charge in [0.15, 0.2) is 0 Å². The summed E-state index contributed by atoms with van der Waals surface area (Å²) in [6.07, 6.45) is 0. The lowest BCUT2D eigenvalue weighted by Gasteiger charge is -2.12. The summed E-state index contributed by atoms with van der Waals surface area (Å²) < 4.78 is 1.29. The minimum Gasteiger partial charge on any atom is -0.378 e. The third-order valence-electron chi connectivity index (χ3n) is 4.04. The second-order valence-corrected chi connectivity index (χ2v) is 6.15. The third-order valence-corrected chi connectivity index (χ3v) is 4.04. The first kappa shape index (κ1) is 17.4. The van der Waals surface area contributed by atoms with Crippen molar-refractivity contribution < 1.29 is 4.79 Å². The minimum atomic E-state index is -0.164. The zero-order valence-electron chi connectivity index (χ0n) is 14.9. The van der Waals surface area contributed by atoms with Gasteiger partial charge in [-0.05, 0) is 42.5 Å². The van der Waals surface area contributed by atoms with E-state index in [1.807, 2.05) is 55.4 Å². The van der Waals surface area contributed by atoms with E-state index in [4.69, 9.17) is 0 Å². The van der Waals surface area contributed by atoms with Crippen LogP contribution < -0.4 is 15.8 Å². The number of benzene rings is 2. The molecular weight excluding hydrogens is 328 g/mol. The third kappa shape index (κ3) is 3.80. The highest BCUT2D eigenvalue weighted by Gasteiger charge is 2.07. The minimum absolute atomic E-state index is 0.155. The molecule has 0 aliphatic carbocycles. The standard InChI is InChI=1S/C20H20N4O2/c1-23(2)17-10-6-15(7-11-17)20(26)21-16-8-4-14(5-9-16)18-12-13-19(25)24(3)22-18/h4-13H,1-3H3,(H,21,26). The smallest absolute Gasteiger partial charge is 0.266 e. The Morgan fingerprint density at radius 1 is 0.962 bits per heavy atom. The number of nitrogens with one attached hydrogen (secondary N) is 1. The average molecular weight is 348 g/mol. The highest BCUT2D eigenvalue weighted by Crippen LogP contribution is 2.19. The molecule has 26 heavy (non-hydrogen) atoms. The molecular formula is C20H20N4O2. The fraction of sp³-hybridized carbons (Fsp3) is 0.150. The van der Waals surface area contributed by atoms with E-state index in [2.05, 4.69) is 10.4 Å². The number of aryl methyl sites for hydroxylation is 1. The Labute approximate surface area is 151 Å². The van der Waals surface area contributed by atoms with Gasteiger partial charge < -0.3 is 10.2 Å². The number of amides is 1. The van der Waals surface area contributed by atoms with E-state index in [-0.39, 0.29) is 11.5 Å². The molecule has 0 fully saturated rings. The van der Waals surface area contributed by atoms with Gasteiger partial charge in [-0.1, -0.05) is 12.1 Å². The molecule has 0 aliphatic heterocycles. The summed E-state index contributed by atoms with van der Waals surface area (Å²) in [7, 11) is 5.52. The summed E-state index contributed by atoms with van der Waals surface area (Å²) in [5.41, 5.74) is 3.74. The summed E-state index contributed by atoms with van der Waals surface area (Å²) in [5.74, 6) is -0.164. The topological polar surface area (TPSA) is 67.2 Å². The normalized spacial score (nSPS) is 10.4. The van der Waals surface area contributed by atoms with Crippen molar-refractivity contribution in [2.24, 2.45) is 7.05 Å². The summed E-state index contributed by atoms with van der Waals surface area (Å²) in [6, 6.07) is 17.9. The van der Waals surface area contributed by atoms with E-state index in [1.165, 1.54) is 10.7 Å². The quantitative estimate of drug-likeness (QED) is 0.787. The fourth-order valence-electron chi connectivity index (χ4n) is 2.49. The van der Waals surface area contributed by atoms with Crippen LogP contribution in [-0.4, -0.2) is 29.8 Å². The van der Waals surface area contributed by atoms with Crippen LogP contribution in [0.4, 0.5) is 11.4 Å². The molecule has 6 heteroatoms. The molecule has 1 N–H and O–H groups in total. The number of hydrogen-bond acceptors (Lipinski definition) is 4. The van der Waals surface area contributed by atoms with Crippen molar-refractivity contribution in [3.05, 3.63) is 76.6 Å². The van der Waals surface area contributed by atoms with Crippen LogP contribution in [-0.2, 0) is 7.05 Å². The number of anilines is 2. The lowest BCUT2D eigenvalue weighted by atomic mass is 10.1. The highest BCUT2D eigenvalue weighted by molar-refractivity contribution is 6.04. The fourth-order valence-corrected chi connectivity index (χ4v) is 2.49. The highest BCUT2D eigenvalue weighted by atomic mass is 16.1. The van der Waals surface area contributed by atoms with E-state index < -0.39 is 0 Å². The molecule has 0 bridgehead atoms. The maximum absolute atomic E-state index is 12.4. The van der Waals surface area contributed by atoms with Crippen LogP contribution in [0.25, 0.3) is 11.3 Å². The molecule has 0 atom stereocenters. The second-order valence-electron chi connectivity index (χ2n) is 6.15. The Bertz CT molecular complexity index is 974. The number of hydrogen-bond donors (Lipinski definition) is 1. The van der Waals surface area contributed by atoms with E-state index in [0.29, 0.717) is 16.9 Å². The first-order valence-electron chi connectivity index (χ1n) is 8.17. The molecule has 0 unspecified atom stereocenters. The molecule has 0 aliphatic rings. The molecule has 2 aromatic carbocycles. The summed E-state index contributed by atoms with van der Waals surface area (Å²) in [6.45, 7) is 0. The number of rotatable bonds is 4. The van der Waals surface area contributed by atoms with Gasteiger partial charge in [0, 0.05) is 49.7 Å². The number of carbonyl (C=O) groups is 1. The Balaban J connectivity index is 1.73. The molecule has 0 radical (unpaired) electrons. The molecule has 1 heterocycles. The molecule has 0 saturated heterocycles. The lowest BCUT2D eigenvalue weighted by molar-refractivity contribution is 0.102. The van der Waals surface area contributed by atoms with Crippen molar-refractivity contribution in [3.63, 3.8) is 0 Å². The van der Waals surface area contributed by atoms with Gasteiger partial charge in [0.1, 0.15) is 0 Å². The Morgan fingerprint density at radius 2 is 1.62 bits per heavy atom. The van der Waals surface area contributed by atoms with Crippen molar-refractivity contribution in [1.29, 1.82) is 0 Å². The molecule has 1 amide bonds. The largest absolute Gasteiger partial charge is 0.378 e. The van der Waals surface area contributed by atoms with Gasteiger partial charge in [-0.15, -0.1) is 0 Å². The monoisotopic (exact) mass is 348 g/mol. The molecule has 3 aromatic rings. The summed E-state index contributed by atoms with van der Waals surface area (Å²) >= 11 is 0. The van der Waals surface area contributed by atoms with Crippen molar-refractivity contribution in [1.82, 2.24) is 9.78 Å². The molecule has 1 aromatic heterocycles. The first-order valence-corrected chi connectivity index (χ1v) is 8.17. The molecule has 0 saturated carbocycles.